The van der Waals surface area contributed by atoms with Crippen molar-refractivity contribution in [3.8, 4) is 0 Å². The van der Waals surface area contributed by atoms with Crippen molar-refractivity contribution in [3.63, 3.8) is 0 Å². The fraction of sp³-hybridized carbons (Fsp3) is 0. The average molecular weight is 571 g/mol. The van der Waals surface area contributed by atoms with Crippen LogP contribution in [-0.4, -0.2) is 133 Å². The fourth-order valence-corrected chi connectivity index (χ4v) is 4.96. The molecule has 0 spiro atoms. The normalized spacial score (nSPS) is 11.5. The molecule has 0 fully saturated rings. The van der Waals surface area contributed by atoms with Gasteiger partial charge in [0.15, 0.2) is 0 Å². The Morgan fingerprint density at radius 1 is 0.743 bits per heavy atom. The molecule has 0 heterocycles. The van der Waals surface area contributed by atoms with E-state index in [-0.39, 0.29) is 105 Å². The molecule has 0 aliphatic heterocycles. The van der Waals surface area contributed by atoms with Crippen LogP contribution in [0.1, 0.15) is 10.4 Å². The maximum absolute atomic E-state index is 12.8. The Bertz CT molecular complexity index is 1610. The van der Waals surface area contributed by atoms with Gasteiger partial charge < -0.3 is 11.1 Å². The molecule has 3 radical (unpaired) electrons. The van der Waals surface area contributed by atoms with E-state index in [1.165, 1.54) is 12.1 Å². The molecular formula is C17H14N2Na3O10S3. The Kier molecular flexibility index (Phi) is 12.6. The molecule has 0 bridgehead atoms. The zero-order valence-electron chi connectivity index (χ0n) is 18.6. The second-order valence-electron chi connectivity index (χ2n) is 6.46. The predicted octanol–water partition coefficient (Wildman–Crippen LogP) is 0.272. The molecule has 18 heteroatoms. The molecule has 12 nitrogen and oxygen atoms in total. The molecule has 3 aromatic carbocycles. The summed E-state index contributed by atoms with van der Waals surface area (Å²) in [6.45, 7) is 0. The zero-order valence-corrected chi connectivity index (χ0v) is 27.1. The number of carbonyl (C=O) groups is 1. The molecule has 0 saturated carbocycles. The second-order valence-corrected chi connectivity index (χ2v) is 10.7. The van der Waals surface area contributed by atoms with Gasteiger partial charge in [-0.3, -0.25) is 18.5 Å². The number of nitrogens with one attached hydrogen (secondary N) is 1. The second kappa shape index (κ2) is 12.6. The summed E-state index contributed by atoms with van der Waals surface area (Å²) in [5, 5.41) is 1.73. The van der Waals surface area contributed by atoms with Crippen molar-refractivity contribution in [1.29, 1.82) is 0 Å². The van der Waals surface area contributed by atoms with E-state index in [4.69, 9.17) is 5.73 Å². The van der Waals surface area contributed by atoms with E-state index in [9.17, 15) is 43.7 Å². The number of nitrogen functional groups attached to an aromatic ring is 1. The first-order valence-electron chi connectivity index (χ1n) is 8.29. The Morgan fingerprint density at radius 3 is 1.83 bits per heavy atom. The molecule has 3 rings (SSSR count). The summed E-state index contributed by atoms with van der Waals surface area (Å²) in [4.78, 5) is 10.5. The van der Waals surface area contributed by atoms with Crippen molar-refractivity contribution in [2.75, 3.05) is 11.1 Å². The minimum absolute atomic E-state index is 0. The average Bonchev–Trinajstić information content (AvgIpc) is 2.65. The predicted molar refractivity (Wildman–Crippen MR) is 129 cm³/mol. The Morgan fingerprint density at radius 2 is 1.31 bits per heavy atom. The van der Waals surface area contributed by atoms with Crippen LogP contribution in [0.5, 0.6) is 0 Å². The zero-order chi connectivity index (χ0) is 24.1. The number of fused-ring (bicyclic) bond motifs is 1. The third-order valence-corrected chi connectivity index (χ3v) is 6.89. The van der Waals surface area contributed by atoms with Gasteiger partial charge in [-0.15, -0.1) is 0 Å². The number of nitrogens with two attached hydrogens (primary N) is 1. The number of hydrogen-bond acceptors (Lipinski definition) is 8. The van der Waals surface area contributed by atoms with Crippen molar-refractivity contribution in [1.82, 2.24) is 0 Å². The summed E-state index contributed by atoms with van der Waals surface area (Å²) in [5.41, 5.74) is 4.30. The molecule has 0 atom stereocenters. The molecule has 1 amide bonds. The van der Waals surface area contributed by atoms with Crippen molar-refractivity contribution in [2.24, 2.45) is 0 Å². The van der Waals surface area contributed by atoms with Gasteiger partial charge in [-0.1, -0.05) is 12.1 Å². The van der Waals surface area contributed by atoms with Crippen molar-refractivity contribution < 1.29 is 43.7 Å². The molecule has 6 N–H and O–H groups in total. The fourth-order valence-electron chi connectivity index (χ4n) is 2.96. The minimum atomic E-state index is -4.91. The van der Waals surface area contributed by atoms with E-state index in [2.05, 4.69) is 5.32 Å². The van der Waals surface area contributed by atoms with E-state index in [0.29, 0.717) is 6.07 Å². The quantitative estimate of drug-likeness (QED) is 0.159. The molecule has 0 aromatic heterocycles. The topological polar surface area (TPSA) is 218 Å². The van der Waals surface area contributed by atoms with Gasteiger partial charge in [0.25, 0.3) is 36.3 Å². The smallest absolute Gasteiger partial charge is 0.295 e. The number of rotatable bonds is 5. The van der Waals surface area contributed by atoms with E-state index in [1.807, 2.05) is 0 Å². The molecule has 0 saturated heterocycles. The molecule has 173 valence electrons. The van der Waals surface area contributed by atoms with Gasteiger partial charge in [-0.05, 0) is 41.8 Å². The summed E-state index contributed by atoms with van der Waals surface area (Å²) in [7, 11) is -14.6. The van der Waals surface area contributed by atoms with E-state index in [1.54, 1.807) is 0 Å². The van der Waals surface area contributed by atoms with Gasteiger partial charge in [-0.25, -0.2) is 0 Å². The Labute approximate surface area is 267 Å². The number of carbonyl (C=O) groups excluding carboxylic acids is 1. The van der Waals surface area contributed by atoms with E-state index < -0.39 is 62.2 Å². The number of amides is 1. The monoisotopic (exact) mass is 571 g/mol. The third-order valence-electron chi connectivity index (χ3n) is 4.26. The number of anilines is 2. The van der Waals surface area contributed by atoms with E-state index >= 15 is 0 Å². The number of benzene rings is 3. The molecule has 3 aromatic rings. The first-order chi connectivity index (χ1) is 14.6. The van der Waals surface area contributed by atoms with Gasteiger partial charge in [0, 0.05) is 99.7 Å². The van der Waals surface area contributed by atoms with Crippen molar-refractivity contribution in [3.05, 3.63) is 54.1 Å². The maximum Gasteiger partial charge on any atom is 0.295 e. The van der Waals surface area contributed by atoms with Crippen LogP contribution in [0, 0.1) is 0 Å². The van der Waals surface area contributed by atoms with Gasteiger partial charge >= 0.3 is 0 Å². The number of hydrogen-bond donors (Lipinski definition) is 5. The first kappa shape index (κ1) is 34.9. The van der Waals surface area contributed by atoms with Crippen LogP contribution in [0.4, 0.5) is 11.4 Å². The van der Waals surface area contributed by atoms with Gasteiger partial charge in [0.05, 0.1) is 16.1 Å². The van der Waals surface area contributed by atoms with Crippen molar-refractivity contribution >= 4 is 147 Å². The van der Waals surface area contributed by atoms with Crippen LogP contribution in [0.2, 0.25) is 0 Å². The Balaban J connectivity index is 0.00000385. The summed E-state index contributed by atoms with van der Waals surface area (Å²) in [6.07, 6.45) is 0. The van der Waals surface area contributed by atoms with Crippen LogP contribution in [0.15, 0.2) is 63.2 Å². The van der Waals surface area contributed by atoms with Gasteiger partial charge in [-0.2, -0.15) is 25.3 Å². The summed E-state index contributed by atoms with van der Waals surface area (Å²) in [6, 6.07) is 7.96. The molecule has 35 heavy (non-hydrogen) atoms. The molecule has 0 aliphatic rings. The van der Waals surface area contributed by atoms with Crippen LogP contribution in [-0.2, 0) is 30.4 Å². The largest absolute Gasteiger partial charge is 0.399 e. The standard InChI is InChI=1S/C17H14N2O10S3.3Na/c18-10-4-5-12(15(7-10)32(27,28)29)17(20)19-13-8-11(30(21,22)23)6-9-2-1-3-14(16(9)13)31(24,25)26;;;/h1-8H,18H2,(H,19,20)(H,21,22,23)(H,24,25,26)(H,27,28,29);;;. The van der Waals surface area contributed by atoms with Crippen LogP contribution in [0.3, 0.4) is 0 Å². The van der Waals surface area contributed by atoms with Crippen LogP contribution >= 0.6 is 0 Å². The van der Waals surface area contributed by atoms with Crippen molar-refractivity contribution in [2.45, 2.75) is 14.7 Å². The molecule has 0 unspecified atom stereocenters. The summed E-state index contributed by atoms with van der Waals surface area (Å²) >= 11 is 0. The minimum Gasteiger partial charge on any atom is -0.399 e. The SMILES string of the molecule is Nc1ccc(C(=O)Nc2cc(S(=O)(=O)O)cc3cccc(S(=O)(=O)O)c23)c(S(=O)(=O)O)c1.[Na].[Na].[Na]. The summed E-state index contributed by atoms with van der Waals surface area (Å²) < 4.78 is 98.5. The first-order valence-corrected chi connectivity index (χ1v) is 12.6. The van der Waals surface area contributed by atoms with Crippen LogP contribution < -0.4 is 11.1 Å². The van der Waals surface area contributed by atoms with Crippen LogP contribution in [0.25, 0.3) is 10.8 Å². The summed E-state index contributed by atoms with van der Waals surface area (Å²) in [5.74, 6) is -1.20. The third kappa shape index (κ3) is 8.20. The van der Waals surface area contributed by atoms with Gasteiger partial charge in [0.1, 0.15) is 9.79 Å². The van der Waals surface area contributed by atoms with Gasteiger partial charge in [0.2, 0.25) is 0 Å². The van der Waals surface area contributed by atoms with E-state index in [0.717, 1.165) is 30.3 Å². The molecular weight excluding hydrogens is 557 g/mol. The Hall–Kier alpha value is -0.0800. The molecule has 0 aliphatic carbocycles. The maximum atomic E-state index is 12.8.